The Kier molecular flexibility index (Phi) is 9.53. The highest BCUT2D eigenvalue weighted by Crippen LogP contribution is 2.37. The molecule has 0 atom stereocenters. The van der Waals surface area contributed by atoms with Gasteiger partial charge in [-0.25, -0.2) is 0 Å². The summed E-state index contributed by atoms with van der Waals surface area (Å²) in [5.41, 5.74) is 5.57. The standard InChI is InChI=1S/C33H46O3/c1-2-25-4-11-28(12-5-25)30-15-17-31(18-16-30)29-13-6-27(7-14-29)24-36-32-19-8-26(9-20-32)10-21-33-34-22-3-23-35-33/h4-5,11-12,15-18,26-27,29,32-33H,2-3,6-10,13-14,19-24H2,1H3. The van der Waals surface area contributed by atoms with Crippen LogP contribution in [-0.4, -0.2) is 32.2 Å². The molecular formula is C33H46O3. The molecule has 3 aliphatic rings. The Morgan fingerprint density at radius 3 is 1.94 bits per heavy atom. The third-order valence-electron chi connectivity index (χ3n) is 8.99. The zero-order chi connectivity index (χ0) is 24.6. The minimum Gasteiger partial charge on any atom is -0.378 e. The van der Waals surface area contributed by atoms with E-state index in [1.54, 1.807) is 0 Å². The lowest BCUT2D eigenvalue weighted by molar-refractivity contribution is -0.183. The summed E-state index contributed by atoms with van der Waals surface area (Å²) in [7, 11) is 0. The molecule has 3 heteroatoms. The van der Waals surface area contributed by atoms with E-state index < -0.39 is 0 Å². The molecule has 2 aliphatic carbocycles. The highest BCUT2D eigenvalue weighted by molar-refractivity contribution is 5.64. The van der Waals surface area contributed by atoms with Gasteiger partial charge in [-0.2, -0.15) is 0 Å². The van der Waals surface area contributed by atoms with Gasteiger partial charge in [-0.3, -0.25) is 0 Å². The minimum absolute atomic E-state index is 0.0544. The topological polar surface area (TPSA) is 27.7 Å². The normalized spacial score (nSPS) is 27.7. The molecule has 1 aliphatic heterocycles. The molecule has 36 heavy (non-hydrogen) atoms. The van der Waals surface area contributed by atoms with Crippen molar-refractivity contribution in [2.45, 2.75) is 102 Å². The molecule has 0 amide bonds. The van der Waals surface area contributed by atoms with Gasteiger partial charge in [-0.05, 0) is 117 Å². The molecule has 0 radical (unpaired) electrons. The molecule has 3 nitrogen and oxygen atoms in total. The summed E-state index contributed by atoms with van der Waals surface area (Å²) in [6.45, 7) is 4.92. The van der Waals surface area contributed by atoms with Crippen molar-refractivity contribution in [3.63, 3.8) is 0 Å². The Morgan fingerprint density at radius 1 is 0.694 bits per heavy atom. The van der Waals surface area contributed by atoms with Gasteiger partial charge in [-0.15, -0.1) is 0 Å². The first kappa shape index (κ1) is 25.9. The molecule has 0 unspecified atom stereocenters. The first-order valence-electron chi connectivity index (χ1n) is 14.8. The maximum Gasteiger partial charge on any atom is 0.157 e. The van der Waals surface area contributed by atoms with Crippen LogP contribution in [0.3, 0.4) is 0 Å². The first-order valence-corrected chi connectivity index (χ1v) is 14.8. The molecule has 0 aromatic heterocycles. The van der Waals surface area contributed by atoms with E-state index in [4.69, 9.17) is 14.2 Å². The van der Waals surface area contributed by atoms with Crippen LogP contribution in [0.2, 0.25) is 0 Å². The molecule has 0 N–H and O–H groups in total. The van der Waals surface area contributed by atoms with Gasteiger partial charge in [-0.1, -0.05) is 55.5 Å². The number of benzene rings is 2. The van der Waals surface area contributed by atoms with E-state index in [9.17, 15) is 0 Å². The average molecular weight is 491 g/mol. The van der Waals surface area contributed by atoms with E-state index >= 15 is 0 Å². The molecule has 0 spiro atoms. The van der Waals surface area contributed by atoms with Crippen LogP contribution in [0.15, 0.2) is 48.5 Å². The van der Waals surface area contributed by atoms with Crippen LogP contribution in [0.1, 0.15) is 94.6 Å². The van der Waals surface area contributed by atoms with E-state index in [-0.39, 0.29) is 6.29 Å². The van der Waals surface area contributed by atoms with Crippen molar-refractivity contribution in [1.82, 2.24) is 0 Å². The third-order valence-corrected chi connectivity index (χ3v) is 8.99. The van der Waals surface area contributed by atoms with Crippen molar-refractivity contribution in [2.24, 2.45) is 11.8 Å². The van der Waals surface area contributed by atoms with Crippen LogP contribution in [0.25, 0.3) is 11.1 Å². The van der Waals surface area contributed by atoms with Crippen molar-refractivity contribution < 1.29 is 14.2 Å². The Bertz CT molecular complexity index is 884. The Hall–Kier alpha value is -1.68. The number of rotatable bonds is 9. The smallest absolute Gasteiger partial charge is 0.157 e. The zero-order valence-corrected chi connectivity index (χ0v) is 22.3. The molecule has 0 bridgehead atoms. The summed E-state index contributed by atoms with van der Waals surface area (Å²) in [5, 5.41) is 0. The van der Waals surface area contributed by atoms with Gasteiger partial charge in [0.15, 0.2) is 6.29 Å². The molecule has 196 valence electrons. The fraction of sp³-hybridized carbons (Fsp3) is 0.636. The van der Waals surface area contributed by atoms with Crippen molar-refractivity contribution in [3.8, 4) is 11.1 Å². The molecular weight excluding hydrogens is 444 g/mol. The third kappa shape index (κ3) is 7.21. The number of ether oxygens (including phenoxy) is 3. The SMILES string of the molecule is CCc1ccc(-c2ccc(C3CCC(COC4CCC(CCC5OCCCO5)CC4)CC3)cc2)cc1. The lowest BCUT2D eigenvalue weighted by atomic mass is 9.78. The van der Waals surface area contributed by atoms with Crippen LogP contribution in [0.5, 0.6) is 0 Å². The molecule has 2 aromatic carbocycles. The quantitative estimate of drug-likeness (QED) is 0.354. The molecule has 1 saturated heterocycles. The van der Waals surface area contributed by atoms with Crippen molar-refractivity contribution in [1.29, 1.82) is 0 Å². The van der Waals surface area contributed by atoms with E-state index in [1.165, 1.54) is 80.0 Å². The second-order valence-electron chi connectivity index (χ2n) is 11.5. The van der Waals surface area contributed by atoms with Crippen molar-refractivity contribution in [2.75, 3.05) is 19.8 Å². The zero-order valence-electron chi connectivity index (χ0n) is 22.3. The van der Waals surface area contributed by atoms with Crippen molar-refractivity contribution in [3.05, 3.63) is 59.7 Å². The Morgan fingerprint density at radius 2 is 1.31 bits per heavy atom. The second kappa shape index (κ2) is 13.2. The van der Waals surface area contributed by atoms with Gasteiger partial charge in [0.2, 0.25) is 0 Å². The molecule has 5 rings (SSSR count). The van der Waals surface area contributed by atoms with Gasteiger partial charge in [0.1, 0.15) is 0 Å². The molecule has 1 heterocycles. The minimum atomic E-state index is 0.0544. The van der Waals surface area contributed by atoms with E-state index in [0.29, 0.717) is 12.0 Å². The lowest BCUT2D eigenvalue weighted by Crippen LogP contribution is -2.28. The number of aryl methyl sites for hydroxylation is 1. The van der Waals surface area contributed by atoms with Crippen LogP contribution < -0.4 is 0 Å². The van der Waals surface area contributed by atoms with Crippen LogP contribution >= 0.6 is 0 Å². The van der Waals surface area contributed by atoms with Gasteiger partial charge < -0.3 is 14.2 Å². The molecule has 2 saturated carbocycles. The fourth-order valence-electron chi connectivity index (χ4n) is 6.48. The average Bonchev–Trinajstić information content (AvgIpc) is 2.96. The van der Waals surface area contributed by atoms with Gasteiger partial charge in [0.05, 0.1) is 19.3 Å². The number of hydrogen-bond donors (Lipinski definition) is 0. The van der Waals surface area contributed by atoms with E-state index in [1.807, 2.05) is 0 Å². The number of hydrogen-bond acceptors (Lipinski definition) is 3. The predicted octanol–water partition coefficient (Wildman–Crippen LogP) is 8.31. The van der Waals surface area contributed by atoms with Gasteiger partial charge in [0.25, 0.3) is 0 Å². The Balaban J connectivity index is 0.986. The van der Waals surface area contributed by atoms with Crippen molar-refractivity contribution >= 4 is 0 Å². The van der Waals surface area contributed by atoms with E-state index in [2.05, 4.69) is 55.5 Å². The first-order chi connectivity index (χ1) is 17.8. The van der Waals surface area contributed by atoms with Crippen LogP contribution in [-0.2, 0) is 20.6 Å². The summed E-state index contributed by atoms with van der Waals surface area (Å²) in [6.07, 6.45) is 15.3. The Labute approximate surface area is 218 Å². The second-order valence-corrected chi connectivity index (χ2v) is 11.5. The summed E-state index contributed by atoms with van der Waals surface area (Å²) in [6, 6.07) is 18.4. The predicted molar refractivity (Wildman–Crippen MR) is 147 cm³/mol. The summed E-state index contributed by atoms with van der Waals surface area (Å²) < 4.78 is 17.9. The van der Waals surface area contributed by atoms with Gasteiger partial charge in [0, 0.05) is 6.61 Å². The molecule has 2 aromatic rings. The summed E-state index contributed by atoms with van der Waals surface area (Å²) in [4.78, 5) is 0. The van der Waals surface area contributed by atoms with Crippen LogP contribution in [0.4, 0.5) is 0 Å². The van der Waals surface area contributed by atoms with Crippen LogP contribution in [0, 0.1) is 11.8 Å². The maximum absolute atomic E-state index is 6.44. The summed E-state index contributed by atoms with van der Waals surface area (Å²) in [5.74, 6) is 2.29. The fourth-order valence-corrected chi connectivity index (χ4v) is 6.48. The lowest BCUT2D eigenvalue weighted by Gasteiger charge is -2.33. The maximum atomic E-state index is 6.44. The summed E-state index contributed by atoms with van der Waals surface area (Å²) >= 11 is 0. The highest BCUT2D eigenvalue weighted by Gasteiger charge is 2.26. The largest absolute Gasteiger partial charge is 0.378 e. The van der Waals surface area contributed by atoms with Gasteiger partial charge >= 0.3 is 0 Å². The van der Waals surface area contributed by atoms with E-state index in [0.717, 1.165) is 50.9 Å². The molecule has 3 fully saturated rings. The monoisotopic (exact) mass is 490 g/mol. The highest BCUT2D eigenvalue weighted by atomic mass is 16.7.